The van der Waals surface area contributed by atoms with Crippen molar-refractivity contribution >= 4 is 38.6 Å². The molecule has 2 aliphatic heterocycles. The molecular formula is C16H22N2O6S2. The van der Waals surface area contributed by atoms with Crippen molar-refractivity contribution in [2.45, 2.75) is 43.0 Å². The fourth-order valence-corrected chi connectivity index (χ4v) is 8.89. The van der Waals surface area contributed by atoms with Crippen molar-refractivity contribution < 1.29 is 27.9 Å². The molecule has 5 atom stereocenters. The van der Waals surface area contributed by atoms with E-state index in [0.717, 1.165) is 12.8 Å². The van der Waals surface area contributed by atoms with Crippen LogP contribution in [-0.4, -0.2) is 77.5 Å². The van der Waals surface area contributed by atoms with E-state index >= 15 is 0 Å². The molecule has 2 saturated carbocycles. The van der Waals surface area contributed by atoms with Gasteiger partial charge in [-0.1, -0.05) is 18.2 Å². The van der Waals surface area contributed by atoms with Crippen molar-refractivity contribution in [3.05, 3.63) is 0 Å². The Morgan fingerprint density at radius 2 is 2.00 bits per heavy atom. The molecule has 0 unspecified atom stereocenters. The quantitative estimate of drug-likeness (QED) is 0.702. The highest BCUT2D eigenvalue weighted by atomic mass is 32.2. The number of fused-ring (bicyclic) bond motifs is 3. The lowest BCUT2D eigenvalue weighted by Gasteiger charge is -2.36. The van der Waals surface area contributed by atoms with Gasteiger partial charge in [0, 0.05) is 11.3 Å². The van der Waals surface area contributed by atoms with E-state index in [1.807, 2.05) is 0 Å². The molecule has 0 spiro atoms. The molecule has 2 bridgehead atoms. The standard InChI is InChI=1S/C16H22N2O6S2/c19-14(5-24-6-15(20)21)17-16-18(11-4-9-1-2-10(11)3-9)12-7-26(22,23)8-13(12)25-16/h9-13H,1-8H2,(H,20,21)/t9-,10+,11-,12+,13-/m0/s1. The Balaban J connectivity index is 1.52. The summed E-state index contributed by atoms with van der Waals surface area (Å²) in [6.45, 7) is -0.919. The van der Waals surface area contributed by atoms with Gasteiger partial charge in [0.2, 0.25) is 0 Å². The number of thioether (sulfide) groups is 1. The number of carboxylic acids is 1. The number of ether oxygens (including phenoxy) is 1. The average molecular weight is 402 g/mol. The van der Waals surface area contributed by atoms with Gasteiger partial charge in [0.25, 0.3) is 5.91 Å². The highest BCUT2D eigenvalue weighted by Gasteiger charge is 2.54. The van der Waals surface area contributed by atoms with E-state index in [9.17, 15) is 18.0 Å². The van der Waals surface area contributed by atoms with Crippen LogP contribution < -0.4 is 0 Å². The van der Waals surface area contributed by atoms with Crippen LogP contribution in [0, 0.1) is 11.8 Å². The van der Waals surface area contributed by atoms with E-state index < -0.39 is 28.3 Å². The molecule has 1 N–H and O–H groups in total. The van der Waals surface area contributed by atoms with E-state index in [1.54, 1.807) is 0 Å². The van der Waals surface area contributed by atoms with Gasteiger partial charge in [0.1, 0.15) is 13.2 Å². The zero-order valence-corrected chi connectivity index (χ0v) is 15.9. The van der Waals surface area contributed by atoms with Gasteiger partial charge in [-0.15, -0.1) is 0 Å². The van der Waals surface area contributed by atoms with Gasteiger partial charge in [0.05, 0.1) is 17.5 Å². The van der Waals surface area contributed by atoms with Crippen LogP contribution in [0.5, 0.6) is 0 Å². The molecule has 0 aromatic rings. The SMILES string of the molecule is O=C(O)COCC(=O)N=C1S[C@H]2CS(=O)(=O)C[C@H]2N1[C@H]1C[C@H]2CC[C@@H]1C2. The summed E-state index contributed by atoms with van der Waals surface area (Å²) < 4.78 is 29.0. The lowest BCUT2D eigenvalue weighted by atomic mass is 9.93. The molecule has 2 saturated heterocycles. The van der Waals surface area contributed by atoms with E-state index in [0.29, 0.717) is 17.0 Å². The van der Waals surface area contributed by atoms with Gasteiger partial charge in [-0.2, -0.15) is 4.99 Å². The number of hydrogen-bond acceptors (Lipinski definition) is 6. The van der Waals surface area contributed by atoms with Crippen molar-refractivity contribution in [2.24, 2.45) is 16.8 Å². The van der Waals surface area contributed by atoms with Crippen LogP contribution in [0.3, 0.4) is 0 Å². The molecule has 8 nitrogen and oxygen atoms in total. The van der Waals surface area contributed by atoms with Crippen molar-refractivity contribution in [3.8, 4) is 0 Å². The van der Waals surface area contributed by atoms with Gasteiger partial charge < -0.3 is 14.7 Å². The highest BCUT2D eigenvalue weighted by molar-refractivity contribution is 8.15. The lowest BCUT2D eigenvalue weighted by Crippen LogP contribution is -2.47. The van der Waals surface area contributed by atoms with E-state index in [4.69, 9.17) is 9.84 Å². The van der Waals surface area contributed by atoms with E-state index in [2.05, 4.69) is 9.89 Å². The average Bonchev–Trinajstić information content (AvgIpc) is 3.26. The van der Waals surface area contributed by atoms with E-state index in [-0.39, 0.29) is 35.4 Å². The lowest BCUT2D eigenvalue weighted by molar-refractivity contribution is -0.143. The predicted octanol–water partition coefficient (Wildman–Crippen LogP) is 0.373. The summed E-state index contributed by atoms with van der Waals surface area (Å²) in [4.78, 5) is 28.8. The van der Waals surface area contributed by atoms with Crippen molar-refractivity contribution in [3.63, 3.8) is 0 Å². The largest absolute Gasteiger partial charge is 0.480 e. The summed E-state index contributed by atoms with van der Waals surface area (Å²) in [5.74, 6) is -0.160. The molecule has 4 rings (SSSR count). The third-order valence-corrected chi connectivity index (χ3v) is 9.06. The minimum atomic E-state index is -3.05. The molecule has 2 heterocycles. The topological polar surface area (TPSA) is 113 Å². The molecule has 4 fully saturated rings. The summed E-state index contributed by atoms with van der Waals surface area (Å²) in [6, 6.07) is 0.150. The number of aliphatic imine (C=N–C) groups is 1. The fourth-order valence-electron chi connectivity index (χ4n) is 4.90. The summed E-state index contributed by atoms with van der Waals surface area (Å²) >= 11 is 1.38. The highest BCUT2D eigenvalue weighted by Crippen LogP contribution is 2.51. The molecule has 144 valence electrons. The zero-order valence-electron chi connectivity index (χ0n) is 14.2. The summed E-state index contributed by atoms with van der Waals surface area (Å²) in [5, 5.41) is 9.09. The number of nitrogens with zero attached hydrogens (tertiary/aromatic N) is 2. The fraction of sp³-hybridized carbons (Fsp3) is 0.812. The van der Waals surface area contributed by atoms with Crippen molar-refractivity contribution in [2.75, 3.05) is 24.7 Å². The maximum Gasteiger partial charge on any atom is 0.329 e. The molecule has 0 aromatic carbocycles. The van der Waals surface area contributed by atoms with E-state index in [1.165, 1.54) is 24.6 Å². The number of carbonyl (C=O) groups excluding carboxylic acids is 1. The van der Waals surface area contributed by atoms with Gasteiger partial charge in [-0.3, -0.25) is 4.79 Å². The molecule has 1 amide bonds. The van der Waals surface area contributed by atoms with Gasteiger partial charge in [0.15, 0.2) is 15.0 Å². The van der Waals surface area contributed by atoms with Gasteiger partial charge >= 0.3 is 5.97 Å². The molecule has 10 heteroatoms. The Labute approximate surface area is 156 Å². The van der Waals surface area contributed by atoms with Gasteiger partial charge in [-0.25, -0.2) is 13.2 Å². The maximum absolute atomic E-state index is 12.1. The summed E-state index contributed by atoms with van der Waals surface area (Å²) in [7, 11) is -3.05. The second kappa shape index (κ2) is 6.79. The summed E-state index contributed by atoms with van der Waals surface area (Å²) in [6.07, 6.45) is 4.61. The predicted molar refractivity (Wildman–Crippen MR) is 95.8 cm³/mol. The van der Waals surface area contributed by atoms with Gasteiger partial charge in [-0.05, 0) is 31.1 Å². The van der Waals surface area contributed by atoms with Crippen LogP contribution in [0.1, 0.15) is 25.7 Å². The van der Waals surface area contributed by atoms with Crippen LogP contribution in [0.2, 0.25) is 0 Å². The Hall–Kier alpha value is -1.13. The number of amidine groups is 1. The molecule has 0 radical (unpaired) electrons. The summed E-state index contributed by atoms with van der Waals surface area (Å²) in [5.41, 5.74) is 0. The first kappa shape index (κ1) is 18.2. The normalized spacial score (nSPS) is 38.8. The first-order chi connectivity index (χ1) is 12.3. The smallest absolute Gasteiger partial charge is 0.329 e. The number of aliphatic carboxylic acids is 1. The maximum atomic E-state index is 12.1. The first-order valence-electron chi connectivity index (χ1n) is 8.89. The second-order valence-corrected chi connectivity index (χ2v) is 11.0. The Morgan fingerprint density at radius 1 is 1.19 bits per heavy atom. The number of rotatable bonds is 5. The third kappa shape index (κ3) is 3.50. The number of amides is 1. The Morgan fingerprint density at radius 3 is 2.65 bits per heavy atom. The number of carbonyl (C=O) groups is 2. The van der Waals surface area contributed by atoms with Crippen LogP contribution in [0.4, 0.5) is 0 Å². The number of hydrogen-bond donors (Lipinski definition) is 1. The van der Waals surface area contributed by atoms with Crippen LogP contribution in [-0.2, 0) is 24.2 Å². The van der Waals surface area contributed by atoms with Crippen molar-refractivity contribution in [1.29, 1.82) is 0 Å². The minimum Gasteiger partial charge on any atom is -0.480 e. The monoisotopic (exact) mass is 402 g/mol. The van der Waals surface area contributed by atoms with Crippen LogP contribution >= 0.6 is 11.8 Å². The third-order valence-electron chi connectivity index (χ3n) is 5.84. The molecule has 4 aliphatic rings. The molecule has 0 aromatic heterocycles. The molecule has 2 aliphatic carbocycles. The number of sulfone groups is 1. The Kier molecular flexibility index (Phi) is 4.77. The first-order valence-corrected chi connectivity index (χ1v) is 11.6. The Bertz CT molecular complexity index is 752. The molecule has 26 heavy (non-hydrogen) atoms. The van der Waals surface area contributed by atoms with Crippen LogP contribution in [0.15, 0.2) is 4.99 Å². The van der Waals surface area contributed by atoms with Crippen molar-refractivity contribution in [1.82, 2.24) is 4.90 Å². The van der Waals surface area contributed by atoms with Crippen LogP contribution in [0.25, 0.3) is 0 Å². The minimum absolute atomic E-state index is 0.0781. The zero-order chi connectivity index (χ0) is 18.5. The molecular weight excluding hydrogens is 380 g/mol. The number of carboxylic acid groups (broad SMARTS) is 1. The second-order valence-electron chi connectivity index (χ2n) is 7.62.